The Morgan fingerprint density at radius 2 is 2.06 bits per heavy atom. The molecule has 2 N–H and O–H groups in total. The summed E-state index contributed by atoms with van der Waals surface area (Å²) in [5.74, 6) is -0.916. The molecule has 0 saturated carbocycles. The van der Waals surface area contributed by atoms with Crippen LogP contribution in [0, 0.1) is 0 Å². The van der Waals surface area contributed by atoms with E-state index in [0.717, 1.165) is 25.9 Å². The van der Waals surface area contributed by atoms with Gasteiger partial charge in [0.15, 0.2) is 0 Å². The zero-order chi connectivity index (χ0) is 13.4. The van der Waals surface area contributed by atoms with Gasteiger partial charge in [-0.25, -0.2) is 0 Å². The molecule has 6 nitrogen and oxygen atoms in total. The van der Waals surface area contributed by atoms with E-state index in [2.05, 4.69) is 5.32 Å². The van der Waals surface area contributed by atoms with Crippen molar-refractivity contribution in [3.05, 3.63) is 0 Å². The number of carbonyl (C=O) groups excluding carboxylic acids is 1. The average molecular weight is 258 g/mol. The summed E-state index contributed by atoms with van der Waals surface area (Å²) in [4.78, 5) is 23.6. The molecule has 0 radical (unpaired) electrons. The number of ether oxygens (including phenoxy) is 1. The average Bonchev–Trinajstić information content (AvgIpc) is 2.36. The molecule has 0 aromatic carbocycles. The number of likely N-dealkylation sites (N-methyl/N-ethyl adjacent to an activating group) is 1. The van der Waals surface area contributed by atoms with E-state index in [1.54, 1.807) is 7.05 Å². The molecule has 0 aliphatic carbocycles. The topological polar surface area (TPSA) is 78.9 Å². The number of aliphatic carboxylic acids is 1. The highest BCUT2D eigenvalue weighted by atomic mass is 16.5. The van der Waals surface area contributed by atoms with Crippen molar-refractivity contribution in [3.8, 4) is 0 Å². The van der Waals surface area contributed by atoms with Gasteiger partial charge in [0.1, 0.15) is 6.61 Å². The number of hydrogen-bond acceptors (Lipinski definition) is 4. The standard InChI is InChI=1S/C12H22N2O4/c1-14(8-2-3-12(16)17)11(15)9-18-10-4-6-13-7-5-10/h10,13H,2-9H2,1H3,(H,16,17). The number of carboxylic acids is 1. The Morgan fingerprint density at radius 3 is 2.67 bits per heavy atom. The Labute approximate surface area is 107 Å². The maximum Gasteiger partial charge on any atom is 0.303 e. The number of carbonyl (C=O) groups is 2. The summed E-state index contributed by atoms with van der Waals surface area (Å²) in [6.07, 6.45) is 2.62. The van der Waals surface area contributed by atoms with Crippen LogP contribution in [0.5, 0.6) is 0 Å². The van der Waals surface area contributed by atoms with E-state index < -0.39 is 5.97 Å². The Kier molecular flexibility index (Phi) is 6.67. The summed E-state index contributed by atoms with van der Waals surface area (Å²) in [6, 6.07) is 0. The molecular weight excluding hydrogens is 236 g/mol. The second-order valence-electron chi connectivity index (χ2n) is 4.57. The maximum atomic E-state index is 11.7. The molecule has 0 atom stereocenters. The van der Waals surface area contributed by atoms with Gasteiger partial charge in [-0.05, 0) is 32.4 Å². The number of carboxylic acid groups (broad SMARTS) is 1. The molecule has 1 saturated heterocycles. The van der Waals surface area contributed by atoms with E-state index in [4.69, 9.17) is 9.84 Å². The van der Waals surface area contributed by atoms with Crippen molar-refractivity contribution in [1.82, 2.24) is 10.2 Å². The number of rotatable bonds is 7. The lowest BCUT2D eigenvalue weighted by molar-refractivity contribution is -0.139. The van der Waals surface area contributed by atoms with Crippen LogP contribution in [-0.4, -0.2) is 61.3 Å². The molecule has 18 heavy (non-hydrogen) atoms. The second-order valence-corrected chi connectivity index (χ2v) is 4.57. The quantitative estimate of drug-likeness (QED) is 0.676. The third-order valence-corrected chi connectivity index (χ3v) is 3.04. The van der Waals surface area contributed by atoms with E-state index in [0.29, 0.717) is 13.0 Å². The van der Waals surface area contributed by atoms with Gasteiger partial charge >= 0.3 is 5.97 Å². The van der Waals surface area contributed by atoms with Crippen LogP contribution >= 0.6 is 0 Å². The van der Waals surface area contributed by atoms with Crippen molar-refractivity contribution in [2.45, 2.75) is 31.8 Å². The van der Waals surface area contributed by atoms with Gasteiger partial charge < -0.3 is 20.1 Å². The minimum atomic E-state index is -0.832. The summed E-state index contributed by atoms with van der Waals surface area (Å²) in [5, 5.41) is 11.7. The van der Waals surface area contributed by atoms with Crippen LogP contribution in [-0.2, 0) is 14.3 Å². The first-order valence-electron chi connectivity index (χ1n) is 6.37. The molecule has 104 valence electrons. The zero-order valence-electron chi connectivity index (χ0n) is 10.9. The third kappa shape index (κ3) is 5.97. The van der Waals surface area contributed by atoms with Gasteiger partial charge in [0.2, 0.25) is 5.91 Å². The summed E-state index contributed by atoms with van der Waals surface area (Å²) >= 11 is 0. The molecule has 0 aromatic heterocycles. The van der Waals surface area contributed by atoms with Crippen molar-refractivity contribution in [3.63, 3.8) is 0 Å². The van der Waals surface area contributed by atoms with Crippen LogP contribution in [0.25, 0.3) is 0 Å². The largest absolute Gasteiger partial charge is 0.481 e. The lowest BCUT2D eigenvalue weighted by Crippen LogP contribution is -2.36. The third-order valence-electron chi connectivity index (χ3n) is 3.04. The van der Waals surface area contributed by atoms with E-state index in [9.17, 15) is 9.59 Å². The van der Waals surface area contributed by atoms with Crippen LogP contribution in [0.3, 0.4) is 0 Å². The normalized spacial score (nSPS) is 16.5. The van der Waals surface area contributed by atoms with E-state index in [1.165, 1.54) is 4.90 Å². The first-order chi connectivity index (χ1) is 8.59. The highest BCUT2D eigenvalue weighted by Gasteiger charge is 2.16. The molecule has 1 fully saturated rings. The predicted octanol–water partition coefficient (Wildman–Crippen LogP) is 0.0782. The van der Waals surface area contributed by atoms with E-state index >= 15 is 0 Å². The molecule has 1 aliphatic rings. The molecule has 1 rings (SSSR count). The molecule has 0 bridgehead atoms. The highest BCUT2D eigenvalue weighted by Crippen LogP contribution is 2.07. The van der Waals surface area contributed by atoms with Crippen LogP contribution in [0.15, 0.2) is 0 Å². The molecule has 1 aliphatic heterocycles. The van der Waals surface area contributed by atoms with Crippen molar-refractivity contribution < 1.29 is 19.4 Å². The Bertz CT molecular complexity index is 277. The van der Waals surface area contributed by atoms with Crippen LogP contribution in [0.4, 0.5) is 0 Å². The fourth-order valence-electron chi connectivity index (χ4n) is 1.85. The van der Waals surface area contributed by atoms with Gasteiger partial charge in [0, 0.05) is 20.0 Å². The number of hydrogen-bond donors (Lipinski definition) is 2. The SMILES string of the molecule is CN(CCCC(=O)O)C(=O)COC1CCNCC1. The Morgan fingerprint density at radius 1 is 1.39 bits per heavy atom. The molecule has 6 heteroatoms. The lowest BCUT2D eigenvalue weighted by atomic mass is 10.1. The fourth-order valence-corrected chi connectivity index (χ4v) is 1.85. The van der Waals surface area contributed by atoms with Crippen molar-refractivity contribution >= 4 is 11.9 Å². The number of nitrogens with zero attached hydrogens (tertiary/aromatic N) is 1. The van der Waals surface area contributed by atoms with Gasteiger partial charge in [0.25, 0.3) is 0 Å². The lowest BCUT2D eigenvalue weighted by Gasteiger charge is -2.24. The minimum absolute atomic E-state index is 0.0843. The second kappa shape index (κ2) is 8.05. The monoisotopic (exact) mass is 258 g/mol. The minimum Gasteiger partial charge on any atom is -0.481 e. The molecular formula is C12H22N2O4. The number of amides is 1. The summed E-state index contributed by atoms with van der Waals surface area (Å²) in [5.41, 5.74) is 0. The smallest absolute Gasteiger partial charge is 0.303 e. The number of nitrogens with one attached hydrogen (secondary N) is 1. The van der Waals surface area contributed by atoms with E-state index in [-0.39, 0.29) is 25.0 Å². The van der Waals surface area contributed by atoms with Crippen molar-refractivity contribution in [2.75, 3.05) is 33.3 Å². The molecule has 0 spiro atoms. The van der Waals surface area contributed by atoms with Crippen LogP contribution in [0.2, 0.25) is 0 Å². The highest BCUT2D eigenvalue weighted by molar-refractivity contribution is 5.77. The Hall–Kier alpha value is -1.14. The molecule has 1 heterocycles. The first-order valence-corrected chi connectivity index (χ1v) is 6.37. The van der Waals surface area contributed by atoms with Gasteiger partial charge in [-0.3, -0.25) is 9.59 Å². The van der Waals surface area contributed by atoms with Crippen molar-refractivity contribution in [2.24, 2.45) is 0 Å². The summed E-state index contributed by atoms with van der Waals surface area (Å²) in [6.45, 7) is 2.43. The van der Waals surface area contributed by atoms with Gasteiger partial charge in [0.05, 0.1) is 6.10 Å². The summed E-state index contributed by atoms with van der Waals surface area (Å²) in [7, 11) is 1.68. The molecule has 0 unspecified atom stereocenters. The van der Waals surface area contributed by atoms with E-state index in [1.807, 2.05) is 0 Å². The molecule has 1 amide bonds. The summed E-state index contributed by atoms with van der Waals surface area (Å²) < 4.78 is 5.55. The van der Waals surface area contributed by atoms with Crippen LogP contribution in [0.1, 0.15) is 25.7 Å². The van der Waals surface area contributed by atoms with Gasteiger partial charge in [-0.15, -0.1) is 0 Å². The Balaban J connectivity index is 2.12. The maximum absolute atomic E-state index is 11.7. The first kappa shape index (κ1) is 14.9. The zero-order valence-corrected chi connectivity index (χ0v) is 10.9. The number of piperidine rings is 1. The molecule has 0 aromatic rings. The van der Waals surface area contributed by atoms with Crippen molar-refractivity contribution in [1.29, 1.82) is 0 Å². The van der Waals surface area contributed by atoms with Gasteiger partial charge in [-0.1, -0.05) is 0 Å². The fraction of sp³-hybridized carbons (Fsp3) is 0.833. The van der Waals surface area contributed by atoms with Gasteiger partial charge in [-0.2, -0.15) is 0 Å². The van der Waals surface area contributed by atoms with Crippen LogP contribution < -0.4 is 5.32 Å². The predicted molar refractivity (Wildman–Crippen MR) is 66.4 cm³/mol.